The average Bonchev–Trinajstić information content (AvgIpc) is 2.39. The molecule has 104 valence electrons. The topological polar surface area (TPSA) is 12.0 Å². The van der Waals surface area contributed by atoms with Crippen molar-refractivity contribution in [2.24, 2.45) is 0 Å². The molecule has 1 fully saturated rings. The zero-order valence-electron chi connectivity index (χ0n) is 11.4. The van der Waals surface area contributed by atoms with Gasteiger partial charge in [0.05, 0.1) is 0 Å². The fourth-order valence-electron chi connectivity index (χ4n) is 2.66. The molecule has 20 heavy (non-hydrogen) atoms. The molecule has 0 heterocycles. The third kappa shape index (κ3) is 3.09. The highest BCUT2D eigenvalue weighted by atomic mass is 79.9. The Balaban J connectivity index is 1.58. The Morgan fingerprint density at radius 3 is 2.35 bits per heavy atom. The Hall–Kier alpha value is -0.800. The molecule has 0 aliphatic heterocycles. The maximum Gasteiger partial charge on any atom is 0.0353 e. The first-order valence-corrected chi connectivity index (χ1v) is 8.48. The highest BCUT2D eigenvalue weighted by molar-refractivity contribution is 9.10. The van der Waals surface area contributed by atoms with Crippen LogP contribution in [0.5, 0.6) is 0 Å². The van der Waals surface area contributed by atoms with Crippen LogP contribution in [0.4, 0.5) is 5.69 Å². The molecule has 1 aliphatic rings. The third-order valence-corrected chi connectivity index (χ3v) is 5.41. The number of hydrogen-bond acceptors (Lipinski definition) is 1. The van der Waals surface area contributed by atoms with Crippen LogP contribution in [-0.4, -0.2) is 6.04 Å². The van der Waals surface area contributed by atoms with Gasteiger partial charge in [-0.25, -0.2) is 0 Å². The quantitative estimate of drug-likeness (QED) is 0.685. The summed E-state index contributed by atoms with van der Waals surface area (Å²) in [6.45, 7) is 2.11. The smallest absolute Gasteiger partial charge is 0.0353 e. The predicted molar refractivity (Wildman–Crippen MR) is 92.4 cm³/mol. The highest BCUT2D eigenvalue weighted by Crippen LogP contribution is 2.39. The van der Waals surface area contributed by atoms with Gasteiger partial charge in [0.15, 0.2) is 0 Å². The zero-order valence-corrected chi connectivity index (χ0v) is 14.5. The van der Waals surface area contributed by atoms with E-state index >= 15 is 0 Å². The van der Waals surface area contributed by atoms with Gasteiger partial charge in [-0.2, -0.15) is 0 Å². The molecule has 1 nitrogen and oxygen atoms in total. The minimum Gasteiger partial charge on any atom is -0.382 e. The minimum absolute atomic E-state index is 0.596. The van der Waals surface area contributed by atoms with Crippen molar-refractivity contribution in [2.75, 3.05) is 5.32 Å². The van der Waals surface area contributed by atoms with Gasteiger partial charge in [-0.15, -0.1) is 0 Å². The lowest BCUT2D eigenvalue weighted by Gasteiger charge is -2.37. The second-order valence-electron chi connectivity index (χ2n) is 5.53. The lowest BCUT2D eigenvalue weighted by atomic mass is 9.76. The van der Waals surface area contributed by atoms with E-state index in [0.29, 0.717) is 12.0 Å². The van der Waals surface area contributed by atoms with Crippen molar-refractivity contribution in [3.63, 3.8) is 0 Å². The van der Waals surface area contributed by atoms with Crippen molar-refractivity contribution in [1.82, 2.24) is 0 Å². The van der Waals surface area contributed by atoms with Gasteiger partial charge in [0, 0.05) is 20.7 Å². The molecular formula is C17H17Br2N. The van der Waals surface area contributed by atoms with Crippen molar-refractivity contribution >= 4 is 37.5 Å². The molecule has 3 rings (SSSR count). The summed E-state index contributed by atoms with van der Waals surface area (Å²) in [7, 11) is 0. The Kier molecular flexibility index (Phi) is 4.18. The van der Waals surface area contributed by atoms with Crippen molar-refractivity contribution in [3.8, 4) is 0 Å². The molecule has 0 atom stereocenters. The van der Waals surface area contributed by atoms with Crippen molar-refractivity contribution in [1.29, 1.82) is 0 Å². The molecule has 2 aromatic carbocycles. The fourth-order valence-corrected chi connectivity index (χ4v) is 3.30. The molecule has 0 radical (unpaired) electrons. The predicted octanol–water partition coefficient (Wildman–Crippen LogP) is 5.88. The van der Waals surface area contributed by atoms with Crippen LogP contribution in [0.3, 0.4) is 0 Å². The summed E-state index contributed by atoms with van der Waals surface area (Å²) < 4.78 is 2.33. The van der Waals surface area contributed by atoms with E-state index in [-0.39, 0.29) is 0 Å². The van der Waals surface area contributed by atoms with E-state index < -0.39 is 0 Å². The Morgan fingerprint density at radius 1 is 1.00 bits per heavy atom. The van der Waals surface area contributed by atoms with Crippen LogP contribution < -0.4 is 5.32 Å². The summed E-state index contributed by atoms with van der Waals surface area (Å²) in [5.74, 6) is 0.703. The van der Waals surface area contributed by atoms with Gasteiger partial charge in [0.2, 0.25) is 0 Å². The Labute approximate surface area is 137 Å². The van der Waals surface area contributed by atoms with Crippen LogP contribution in [0.1, 0.15) is 29.9 Å². The first kappa shape index (κ1) is 14.2. The number of nitrogens with one attached hydrogen (secondary N) is 1. The molecule has 0 bridgehead atoms. The molecule has 1 saturated carbocycles. The van der Waals surface area contributed by atoms with Gasteiger partial charge in [0.1, 0.15) is 0 Å². The number of benzene rings is 2. The fraction of sp³-hybridized carbons (Fsp3) is 0.294. The van der Waals surface area contributed by atoms with Crippen LogP contribution in [0.25, 0.3) is 0 Å². The van der Waals surface area contributed by atoms with Crippen LogP contribution in [-0.2, 0) is 0 Å². The zero-order chi connectivity index (χ0) is 14.1. The normalized spacial score (nSPS) is 21.4. The molecule has 2 aromatic rings. The van der Waals surface area contributed by atoms with E-state index in [1.54, 1.807) is 0 Å². The molecule has 3 heteroatoms. The van der Waals surface area contributed by atoms with Crippen molar-refractivity contribution < 1.29 is 0 Å². The standard InChI is InChI=1S/C17H17Br2N/c1-11-2-7-15(10-17(11)19)20-16-8-13(9-16)12-3-5-14(18)6-4-12/h2-7,10,13,16,20H,8-9H2,1H3. The lowest BCUT2D eigenvalue weighted by molar-refractivity contribution is 0.374. The van der Waals surface area contributed by atoms with E-state index in [2.05, 4.69) is 86.6 Å². The lowest BCUT2D eigenvalue weighted by Crippen LogP contribution is -2.33. The molecule has 1 aliphatic carbocycles. The SMILES string of the molecule is Cc1ccc(NC2CC(c3ccc(Br)cc3)C2)cc1Br. The maximum atomic E-state index is 3.62. The number of aryl methyl sites for hydroxylation is 1. The molecule has 0 unspecified atom stereocenters. The summed E-state index contributed by atoms with van der Waals surface area (Å²) in [5, 5.41) is 3.62. The van der Waals surface area contributed by atoms with Crippen LogP contribution in [0.2, 0.25) is 0 Å². The highest BCUT2D eigenvalue weighted by Gasteiger charge is 2.30. The summed E-state index contributed by atoms with van der Waals surface area (Å²) >= 11 is 7.07. The largest absolute Gasteiger partial charge is 0.382 e. The van der Waals surface area contributed by atoms with E-state index in [1.807, 2.05) is 0 Å². The van der Waals surface area contributed by atoms with Crippen LogP contribution in [0, 0.1) is 6.92 Å². The van der Waals surface area contributed by atoms with E-state index in [4.69, 9.17) is 0 Å². The summed E-state index contributed by atoms with van der Waals surface area (Å²) in [6, 6.07) is 15.8. The van der Waals surface area contributed by atoms with E-state index in [9.17, 15) is 0 Å². The van der Waals surface area contributed by atoms with Gasteiger partial charge in [0.25, 0.3) is 0 Å². The van der Waals surface area contributed by atoms with Gasteiger partial charge in [-0.05, 0) is 61.1 Å². The number of rotatable bonds is 3. The van der Waals surface area contributed by atoms with E-state index in [1.165, 1.54) is 34.1 Å². The van der Waals surface area contributed by atoms with Gasteiger partial charge in [-0.3, -0.25) is 0 Å². The van der Waals surface area contributed by atoms with E-state index in [0.717, 1.165) is 4.47 Å². The van der Waals surface area contributed by atoms with Gasteiger partial charge >= 0.3 is 0 Å². The molecule has 0 aromatic heterocycles. The first-order valence-electron chi connectivity index (χ1n) is 6.90. The monoisotopic (exact) mass is 393 g/mol. The van der Waals surface area contributed by atoms with Crippen molar-refractivity contribution in [3.05, 3.63) is 62.5 Å². The van der Waals surface area contributed by atoms with Crippen LogP contribution >= 0.6 is 31.9 Å². The number of halogens is 2. The average molecular weight is 395 g/mol. The Bertz CT molecular complexity index is 601. The molecular weight excluding hydrogens is 378 g/mol. The number of anilines is 1. The molecule has 0 spiro atoms. The maximum absolute atomic E-state index is 3.62. The molecule has 0 amide bonds. The molecule has 0 saturated heterocycles. The molecule has 1 N–H and O–H groups in total. The second kappa shape index (κ2) is 5.90. The third-order valence-electron chi connectivity index (χ3n) is 4.02. The first-order chi connectivity index (χ1) is 9.61. The summed E-state index contributed by atoms with van der Waals surface area (Å²) in [5.41, 5.74) is 3.94. The second-order valence-corrected chi connectivity index (χ2v) is 7.30. The number of hydrogen-bond donors (Lipinski definition) is 1. The summed E-state index contributed by atoms with van der Waals surface area (Å²) in [6.07, 6.45) is 2.43. The van der Waals surface area contributed by atoms with Gasteiger partial charge < -0.3 is 5.32 Å². The van der Waals surface area contributed by atoms with Gasteiger partial charge in [-0.1, -0.05) is 50.1 Å². The van der Waals surface area contributed by atoms with Crippen LogP contribution in [0.15, 0.2) is 51.4 Å². The summed E-state index contributed by atoms with van der Waals surface area (Å²) in [4.78, 5) is 0. The van der Waals surface area contributed by atoms with Crippen molar-refractivity contribution in [2.45, 2.75) is 31.7 Å². The minimum atomic E-state index is 0.596. The Morgan fingerprint density at radius 2 is 1.70 bits per heavy atom.